The van der Waals surface area contributed by atoms with Crippen LogP contribution in [0.1, 0.15) is 11.5 Å². The minimum Gasteiger partial charge on any atom is -0.438 e. The van der Waals surface area contributed by atoms with Crippen LogP contribution in [0.25, 0.3) is 11.1 Å². The molecule has 3 rings (SSSR count). The second kappa shape index (κ2) is 5.07. The maximum absolute atomic E-state index is 13.7. The second-order valence-electron chi connectivity index (χ2n) is 4.33. The number of aromatic nitrogens is 1. The van der Waals surface area contributed by atoms with Gasteiger partial charge in [-0.05, 0) is 24.3 Å². The number of hydrogen-bond donors (Lipinski definition) is 1. The summed E-state index contributed by atoms with van der Waals surface area (Å²) in [5, 5.41) is 0.349. The first-order valence-electron chi connectivity index (χ1n) is 5.82. The van der Waals surface area contributed by atoms with Crippen LogP contribution in [-0.2, 0) is 6.42 Å². The van der Waals surface area contributed by atoms with Crippen LogP contribution in [-0.4, -0.2) is 4.98 Å². The third-order valence-electron chi connectivity index (χ3n) is 2.92. The molecule has 0 radical (unpaired) electrons. The zero-order valence-electron chi connectivity index (χ0n) is 10.2. The molecule has 1 aromatic heterocycles. The highest BCUT2D eigenvalue weighted by Gasteiger charge is 2.14. The highest BCUT2D eigenvalue weighted by Crippen LogP contribution is 2.29. The van der Waals surface area contributed by atoms with Crippen molar-refractivity contribution in [2.24, 2.45) is 0 Å². The SMILES string of the molecule is Nc1cc(Br)cc2nc(Cc3c(F)cccc3Cl)oc12. The van der Waals surface area contributed by atoms with Gasteiger partial charge in [0.25, 0.3) is 0 Å². The molecule has 0 saturated carbocycles. The lowest BCUT2D eigenvalue weighted by atomic mass is 10.1. The van der Waals surface area contributed by atoms with E-state index in [1.54, 1.807) is 24.3 Å². The monoisotopic (exact) mass is 354 g/mol. The van der Waals surface area contributed by atoms with Gasteiger partial charge in [0.2, 0.25) is 0 Å². The molecule has 0 fully saturated rings. The van der Waals surface area contributed by atoms with Crippen LogP contribution >= 0.6 is 27.5 Å². The summed E-state index contributed by atoms with van der Waals surface area (Å²) in [5.74, 6) is -0.00860. The number of anilines is 1. The Morgan fingerprint density at radius 1 is 1.35 bits per heavy atom. The molecule has 1 heterocycles. The fourth-order valence-corrected chi connectivity index (χ4v) is 2.69. The van der Waals surface area contributed by atoms with Gasteiger partial charge in [0.05, 0.1) is 12.1 Å². The topological polar surface area (TPSA) is 52.0 Å². The Morgan fingerprint density at radius 3 is 2.90 bits per heavy atom. The zero-order chi connectivity index (χ0) is 14.3. The van der Waals surface area contributed by atoms with Crippen LogP contribution in [0.5, 0.6) is 0 Å². The molecule has 0 aliphatic heterocycles. The quantitative estimate of drug-likeness (QED) is 0.686. The highest BCUT2D eigenvalue weighted by molar-refractivity contribution is 9.10. The molecule has 0 spiro atoms. The van der Waals surface area contributed by atoms with Gasteiger partial charge < -0.3 is 10.2 Å². The summed E-state index contributed by atoms with van der Waals surface area (Å²) in [6.45, 7) is 0. The summed E-state index contributed by atoms with van der Waals surface area (Å²) in [5.41, 5.74) is 7.82. The maximum atomic E-state index is 13.7. The molecule has 0 bridgehead atoms. The third kappa shape index (κ3) is 2.39. The van der Waals surface area contributed by atoms with E-state index in [4.69, 9.17) is 21.8 Å². The van der Waals surface area contributed by atoms with Crippen molar-refractivity contribution in [3.05, 3.63) is 57.1 Å². The predicted molar refractivity (Wildman–Crippen MR) is 80.3 cm³/mol. The molecule has 0 atom stereocenters. The van der Waals surface area contributed by atoms with Gasteiger partial charge in [-0.15, -0.1) is 0 Å². The summed E-state index contributed by atoms with van der Waals surface area (Å²) in [7, 11) is 0. The van der Waals surface area contributed by atoms with E-state index in [2.05, 4.69) is 20.9 Å². The third-order valence-corrected chi connectivity index (χ3v) is 3.73. The molecular formula is C14H9BrClFN2O. The van der Waals surface area contributed by atoms with E-state index >= 15 is 0 Å². The number of benzene rings is 2. The number of nitrogens with zero attached hydrogens (tertiary/aromatic N) is 1. The average molecular weight is 356 g/mol. The second-order valence-corrected chi connectivity index (χ2v) is 5.65. The number of oxazole rings is 1. The lowest BCUT2D eigenvalue weighted by Gasteiger charge is -2.02. The van der Waals surface area contributed by atoms with Crippen molar-refractivity contribution < 1.29 is 8.81 Å². The Balaban J connectivity index is 2.06. The van der Waals surface area contributed by atoms with E-state index < -0.39 is 0 Å². The fourth-order valence-electron chi connectivity index (χ4n) is 2.00. The summed E-state index contributed by atoms with van der Waals surface area (Å²) in [6.07, 6.45) is 0.178. The Hall–Kier alpha value is -1.59. The Labute approximate surface area is 127 Å². The van der Waals surface area contributed by atoms with Crippen LogP contribution in [0.4, 0.5) is 10.1 Å². The molecular weight excluding hydrogens is 347 g/mol. The van der Waals surface area contributed by atoms with Crippen molar-refractivity contribution in [1.82, 2.24) is 4.98 Å². The summed E-state index contributed by atoms with van der Waals surface area (Å²) in [6, 6.07) is 8.07. The summed E-state index contributed by atoms with van der Waals surface area (Å²) in [4.78, 5) is 4.31. The molecule has 2 aromatic carbocycles. The van der Waals surface area contributed by atoms with Crippen LogP contribution in [0.2, 0.25) is 5.02 Å². The standard InChI is InChI=1S/C14H9BrClFN2O/c15-7-4-11(18)14-12(5-7)19-13(20-14)6-8-9(16)2-1-3-10(8)17/h1-5H,6,18H2. The van der Waals surface area contributed by atoms with Crippen molar-refractivity contribution >= 4 is 44.3 Å². The largest absolute Gasteiger partial charge is 0.438 e. The van der Waals surface area contributed by atoms with E-state index in [-0.39, 0.29) is 12.2 Å². The number of halogens is 3. The molecule has 0 aliphatic carbocycles. The molecule has 2 N–H and O–H groups in total. The van der Waals surface area contributed by atoms with E-state index in [0.29, 0.717) is 33.3 Å². The average Bonchev–Trinajstić information content (AvgIpc) is 2.77. The van der Waals surface area contributed by atoms with Gasteiger partial charge in [0, 0.05) is 15.1 Å². The minimum atomic E-state index is -0.381. The van der Waals surface area contributed by atoms with Crippen LogP contribution in [0.15, 0.2) is 39.2 Å². The Kier molecular flexibility index (Phi) is 3.40. The van der Waals surface area contributed by atoms with Gasteiger partial charge in [-0.1, -0.05) is 33.6 Å². The van der Waals surface area contributed by atoms with Gasteiger partial charge >= 0.3 is 0 Å². The van der Waals surface area contributed by atoms with Crippen molar-refractivity contribution in [3.8, 4) is 0 Å². The lowest BCUT2D eigenvalue weighted by Crippen LogP contribution is -1.93. The van der Waals surface area contributed by atoms with Crippen LogP contribution < -0.4 is 5.73 Å². The number of rotatable bonds is 2. The van der Waals surface area contributed by atoms with Crippen LogP contribution in [0, 0.1) is 5.82 Å². The van der Waals surface area contributed by atoms with E-state index in [9.17, 15) is 4.39 Å². The highest BCUT2D eigenvalue weighted by atomic mass is 79.9. The molecule has 3 nitrogen and oxygen atoms in total. The molecule has 20 heavy (non-hydrogen) atoms. The minimum absolute atomic E-state index is 0.178. The lowest BCUT2D eigenvalue weighted by molar-refractivity contribution is 0.535. The van der Waals surface area contributed by atoms with Crippen molar-refractivity contribution in [3.63, 3.8) is 0 Å². The summed E-state index contributed by atoms with van der Waals surface area (Å²) >= 11 is 9.33. The summed E-state index contributed by atoms with van der Waals surface area (Å²) < 4.78 is 20.1. The van der Waals surface area contributed by atoms with E-state index in [1.807, 2.05) is 0 Å². The molecule has 102 valence electrons. The number of nitrogens with two attached hydrogens (primary N) is 1. The first kappa shape index (κ1) is 13.4. The van der Waals surface area contributed by atoms with E-state index in [1.165, 1.54) is 6.07 Å². The maximum Gasteiger partial charge on any atom is 0.200 e. The van der Waals surface area contributed by atoms with Crippen molar-refractivity contribution in [2.75, 3.05) is 5.73 Å². The van der Waals surface area contributed by atoms with Gasteiger partial charge in [0.15, 0.2) is 11.5 Å². The number of nitrogen functional groups attached to an aromatic ring is 1. The predicted octanol–water partition coefficient (Wildman–Crippen LogP) is 4.56. The molecule has 0 aliphatic rings. The zero-order valence-corrected chi connectivity index (χ0v) is 12.5. The molecule has 6 heteroatoms. The first-order valence-corrected chi connectivity index (χ1v) is 6.99. The number of fused-ring (bicyclic) bond motifs is 1. The van der Waals surface area contributed by atoms with Gasteiger partial charge in [-0.25, -0.2) is 9.37 Å². The molecule has 0 unspecified atom stereocenters. The van der Waals surface area contributed by atoms with Gasteiger partial charge in [-0.2, -0.15) is 0 Å². The van der Waals surface area contributed by atoms with Crippen LogP contribution in [0.3, 0.4) is 0 Å². The Bertz CT molecular complexity index is 783. The van der Waals surface area contributed by atoms with Gasteiger partial charge in [-0.3, -0.25) is 0 Å². The normalized spacial score (nSPS) is 11.2. The molecule has 0 amide bonds. The fraction of sp³-hybridized carbons (Fsp3) is 0.0714. The smallest absolute Gasteiger partial charge is 0.200 e. The van der Waals surface area contributed by atoms with E-state index in [0.717, 1.165) is 4.47 Å². The van der Waals surface area contributed by atoms with Crippen molar-refractivity contribution in [2.45, 2.75) is 6.42 Å². The van der Waals surface area contributed by atoms with Gasteiger partial charge in [0.1, 0.15) is 11.3 Å². The first-order chi connectivity index (χ1) is 9.54. The number of hydrogen-bond acceptors (Lipinski definition) is 3. The molecule has 3 aromatic rings. The Morgan fingerprint density at radius 2 is 2.15 bits per heavy atom. The molecule has 0 saturated heterocycles. The van der Waals surface area contributed by atoms with Crippen molar-refractivity contribution in [1.29, 1.82) is 0 Å².